The predicted octanol–water partition coefficient (Wildman–Crippen LogP) is 19.4. The molecule has 0 fully saturated rings. The fraction of sp³-hybridized carbons (Fsp3) is 0.438. The van der Waals surface area contributed by atoms with Crippen LogP contribution in [0.1, 0.15) is 199 Å². The van der Waals surface area contributed by atoms with Gasteiger partial charge in [-0.15, -0.1) is 0 Å². The summed E-state index contributed by atoms with van der Waals surface area (Å²) in [4.78, 5) is 0. The molecule has 0 saturated heterocycles. The average molecular weight is 911 g/mol. The highest BCUT2D eigenvalue weighted by Crippen LogP contribution is 2.28. The summed E-state index contributed by atoms with van der Waals surface area (Å²) in [6.45, 7) is 39.1. The lowest BCUT2D eigenvalue weighted by molar-refractivity contribution is 0.407. The first-order chi connectivity index (χ1) is 31.6. The largest absolute Gasteiger partial charge is 0.496 e. The van der Waals surface area contributed by atoms with Crippen molar-refractivity contribution in [3.63, 3.8) is 0 Å². The van der Waals surface area contributed by atoms with Crippen molar-refractivity contribution < 1.29 is 13.9 Å². The van der Waals surface area contributed by atoms with Crippen LogP contribution < -0.4 is 9.47 Å². The molecule has 0 amide bonds. The van der Waals surface area contributed by atoms with Gasteiger partial charge in [0.05, 0.1) is 14.2 Å². The maximum atomic E-state index is 12.7. The highest BCUT2D eigenvalue weighted by Gasteiger charge is 2.08. The SMILES string of the molecule is CCc1ccc(C)cc1C(C)C.CCc1ccccc1C(C)C.COc1ccc(C)cc1C(C)C.COc1ccccc1C(C)C.Cc1ccc(F)cc1C(C)C.Cc1ccccc1C(C)C. The Morgan fingerprint density at radius 3 is 1.16 bits per heavy atom. The van der Waals surface area contributed by atoms with Gasteiger partial charge in [0.15, 0.2) is 0 Å². The average Bonchev–Trinajstić information content (AvgIpc) is 3.30. The smallest absolute Gasteiger partial charge is 0.123 e. The number of benzene rings is 6. The number of hydrogen-bond acceptors (Lipinski definition) is 2. The molecule has 0 unspecified atom stereocenters. The molecule has 67 heavy (non-hydrogen) atoms. The van der Waals surface area contributed by atoms with Gasteiger partial charge in [0.25, 0.3) is 0 Å². The molecule has 0 aliphatic heterocycles. The molecule has 6 rings (SSSR count). The van der Waals surface area contributed by atoms with Crippen molar-refractivity contribution in [2.45, 2.75) is 173 Å². The first-order valence-electron chi connectivity index (χ1n) is 24.9. The van der Waals surface area contributed by atoms with Gasteiger partial charge in [-0.25, -0.2) is 4.39 Å². The van der Waals surface area contributed by atoms with Crippen molar-refractivity contribution in [1.29, 1.82) is 0 Å². The van der Waals surface area contributed by atoms with Crippen molar-refractivity contribution >= 4 is 0 Å². The van der Waals surface area contributed by atoms with E-state index in [0.29, 0.717) is 35.5 Å². The molecule has 0 saturated carbocycles. The molecule has 0 heterocycles. The van der Waals surface area contributed by atoms with Gasteiger partial charge in [0.1, 0.15) is 17.3 Å². The Labute approximate surface area is 410 Å². The van der Waals surface area contributed by atoms with Gasteiger partial charge >= 0.3 is 0 Å². The number of aryl methyl sites for hydroxylation is 6. The molecule has 0 aliphatic carbocycles. The minimum atomic E-state index is -0.140. The van der Waals surface area contributed by atoms with Crippen molar-refractivity contribution in [2.24, 2.45) is 0 Å². The highest BCUT2D eigenvalue weighted by molar-refractivity contribution is 5.39. The summed E-state index contributed by atoms with van der Waals surface area (Å²) >= 11 is 0. The van der Waals surface area contributed by atoms with Gasteiger partial charge in [0.2, 0.25) is 0 Å². The van der Waals surface area contributed by atoms with E-state index in [0.717, 1.165) is 29.9 Å². The third kappa shape index (κ3) is 21.6. The third-order valence-corrected chi connectivity index (χ3v) is 11.8. The molecule has 0 aliphatic rings. The first kappa shape index (κ1) is 59.9. The van der Waals surface area contributed by atoms with E-state index in [1.165, 1.54) is 67.3 Å². The molecular weight excluding hydrogens is 820 g/mol. The fourth-order valence-corrected chi connectivity index (χ4v) is 7.91. The van der Waals surface area contributed by atoms with Crippen LogP contribution in [-0.2, 0) is 12.8 Å². The molecule has 6 aromatic carbocycles. The van der Waals surface area contributed by atoms with Crippen LogP contribution >= 0.6 is 0 Å². The molecule has 3 heteroatoms. The van der Waals surface area contributed by atoms with E-state index in [-0.39, 0.29) is 5.82 Å². The predicted molar refractivity (Wildman–Crippen MR) is 294 cm³/mol. The molecule has 366 valence electrons. The second kappa shape index (κ2) is 31.8. The Morgan fingerprint density at radius 2 is 0.746 bits per heavy atom. The Morgan fingerprint density at radius 1 is 0.358 bits per heavy atom. The summed E-state index contributed by atoms with van der Waals surface area (Å²) in [7, 11) is 3.43. The van der Waals surface area contributed by atoms with Crippen LogP contribution in [0, 0.1) is 33.5 Å². The van der Waals surface area contributed by atoms with E-state index in [2.05, 4.69) is 203 Å². The van der Waals surface area contributed by atoms with Crippen LogP contribution in [0.25, 0.3) is 0 Å². The van der Waals surface area contributed by atoms with Crippen LogP contribution in [0.2, 0.25) is 0 Å². The van der Waals surface area contributed by atoms with Crippen molar-refractivity contribution in [3.8, 4) is 11.5 Å². The van der Waals surface area contributed by atoms with Crippen LogP contribution in [0.4, 0.5) is 4.39 Å². The number of para-hydroxylation sites is 1. The van der Waals surface area contributed by atoms with Crippen molar-refractivity contribution in [2.75, 3.05) is 14.2 Å². The van der Waals surface area contributed by atoms with E-state index in [9.17, 15) is 4.39 Å². The number of methoxy groups -OCH3 is 2. The zero-order valence-electron chi connectivity index (χ0n) is 45.7. The van der Waals surface area contributed by atoms with Gasteiger partial charge in [0, 0.05) is 0 Å². The molecule has 0 N–H and O–H groups in total. The van der Waals surface area contributed by atoms with Crippen LogP contribution in [0.3, 0.4) is 0 Å². The van der Waals surface area contributed by atoms with E-state index in [4.69, 9.17) is 9.47 Å². The lowest BCUT2D eigenvalue weighted by atomic mass is 9.94. The lowest BCUT2D eigenvalue weighted by Crippen LogP contribution is -1.95. The molecular formula is C64H91FO2. The topological polar surface area (TPSA) is 18.5 Å². The summed E-state index contributed by atoms with van der Waals surface area (Å²) in [5.74, 6) is 5.28. The molecule has 2 nitrogen and oxygen atoms in total. The van der Waals surface area contributed by atoms with Crippen molar-refractivity contribution in [1.82, 2.24) is 0 Å². The van der Waals surface area contributed by atoms with Gasteiger partial charge in [-0.05, 0) is 156 Å². The quantitative estimate of drug-likeness (QED) is 0.136. The van der Waals surface area contributed by atoms with E-state index >= 15 is 0 Å². The Hall–Kier alpha value is -5.15. The summed E-state index contributed by atoms with van der Waals surface area (Å²) in [6.07, 6.45) is 2.29. The third-order valence-electron chi connectivity index (χ3n) is 11.8. The van der Waals surface area contributed by atoms with Gasteiger partial charge in [-0.2, -0.15) is 0 Å². The highest BCUT2D eigenvalue weighted by atomic mass is 19.1. The molecule has 0 radical (unpaired) electrons. The summed E-state index contributed by atoms with van der Waals surface area (Å²) in [5.41, 5.74) is 16.3. The lowest BCUT2D eigenvalue weighted by Gasteiger charge is -2.11. The van der Waals surface area contributed by atoms with Gasteiger partial charge in [-0.1, -0.05) is 211 Å². The number of rotatable bonds is 10. The second-order valence-corrected chi connectivity index (χ2v) is 19.4. The van der Waals surface area contributed by atoms with E-state index in [1.807, 2.05) is 37.3 Å². The maximum absolute atomic E-state index is 12.7. The number of ether oxygens (including phenoxy) is 2. The summed E-state index contributed by atoms with van der Waals surface area (Å²) < 4.78 is 23.2. The Kier molecular flexibility index (Phi) is 28.4. The van der Waals surface area contributed by atoms with E-state index in [1.54, 1.807) is 20.3 Å². The fourth-order valence-electron chi connectivity index (χ4n) is 7.91. The molecule has 0 bridgehead atoms. The normalized spacial score (nSPS) is 10.5. The zero-order chi connectivity index (χ0) is 50.8. The molecule has 0 aromatic heterocycles. The Bertz CT molecular complexity index is 2170. The molecule has 0 atom stereocenters. The van der Waals surface area contributed by atoms with Crippen LogP contribution in [0.5, 0.6) is 11.5 Å². The van der Waals surface area contributed by atoms with E-state index < -0.39 is 0 Å². The number of halogens is 1. The van der Waals surface area contributed by atoms with Crippen LogP contribution in [-0.4, -0.2) is 14.2 Å². The Balaban J connectivity index is 0.000000402. The first-order valence-corrected chi connectivity index (χ1v) is 24.9. The molecule has 0 spiro atoms. The molecule has 6 aromatic rings. The summed E-state index contributed by atoms with van der Waals surface area (Å²) in [5, 5.41) is 0. The number of hydrogen-bond donors (Lipinski definition) is 0. The van der Waals surface area contributed by atoms with Gasteiger partial charge in [-0.3, -0.25) is 0 Å². The standard InChI is InChI=1S/C12H18.C11H16O.C11H16.C10H13F.C10H14O.C10H14/c1-5-11-7-6-10(4)8-12(11)9(2)3;1-8(2)10-7-9(3)5-6-11(10)12-4;1-4-10-7-5-6-8-11(10)9(2)3;1-7(2)10-6-9(11)5-4-8(10)3;1-8(2)9-6-4-5-7-10(9)11-3;1-8(2)10-7-5-4-6-9(10)3/h6-9H,5H2,1-4H3;5-8H,1-4H3;5-9H,4H2,1-3H3;4-7H,1-3H3;4-8H,1-3H3;4-8H,1-3H3. The monoisotopic (exact) mass is 911 g/mol. The second-order valence-electron chi connectivity index (χ2n) is 19.4. The minimum absolute atomic E-state index is 0.140. The van der Waals surface area contributed by atoms with Crippen molar-refractivity contribution in [3.05, 3.63) is 200 Å². The maximum Gasteiger partial charge on any atom is 0.123 e. The summed E-state index contributed by atoms with van der Waals surface area (Å²) in [6, 6.07) is 43.3. The van der Waals surface area contributed by atoms with Gasteiger partial charge < -0.3 is 9.47 Å². The minimum Gasteiger partial charge on any atom is -0.496 e. The van der Waals surface area contributed by atoms with Crippen LogP contribution in [0.15, 0.2) is 127 Å². The zero-order valence-corrected chi connectivity index (χ0v) is 45.7.